The van der Waals surface area contributed by atoms with E-state index in [4.69, 9.17) is 0 Å². The van der Waals surface area contributed by atoms with E-state index in [-0.39, 0.29) is 5.75 Å². The zero-order valence-corrected chi connectivity index (χ0v) is 13.9. The van der Waals surface area contributed by atoms with Crippen LogP contribution in [0.5, 0.6) is 5.75 Å². The Hall–Kier alpha value is -1.70. The van der Waals surface area contributed by atoms with E-state index in [2.05, 4.69) is 19.4 Å². The van der Waals surface area contributed by atoms with Crippen LogP contribution in [0.15, 0.2) is 66.9 Å². The molecule has 0 saturated heterocycles. The molecule has 3 rings (SSSR count). The molecule has 0 bridgehead atoms. The number of aromatic hydroxyl groups is 1. The minimum atomic E-state index is 0.230. The fraction of sp³-hybridized carbons (Fsp3) is 0. The number of halogens is 1. The van der Waals surface area contributed by atoms with Crippen molar-refractivity contribution in [2.45, 2.75) is 0 Å². The molecule has 3 aromatic rings. The fourth-order valence-corrected chi connectivity index (χ4v) is 1.93. The predicted octanol–water partition coefficient (Wildman–Crippen LogP) is 4.20. The molecule has 2 aromatic heterocycles. The molecule has 21 heavy (non-hydrogen) atoms. The van der Waals surface area contributed by atoms with Crippen molar-refractivity contribution in [3.63, 3.8) is 0 Å². The zero-order valence-electron chi connectivity index (χ0n) is 10.9. The summed E-state index contributed by atoms with van der Waals surface area (Å²) < 4.78 is 0. The Morgan fingerprint density at radius 3 is 2.14 bits per heavy atom. The zero-order chi connectivity index (χ0) is 15.1. The van der Waals surface area contributed by atoms with Crippen LogP contribution in [0.4, 0.5) is 0 Å². The standard InChI is InChI=1S/C16H12N2O.ClH.Pt/c19-16-10-2-1-6-12(16)13-8-5-9-15(18-13)14-7-3-4-11-17-14;;/h1-11,19H;1H;/q;;+1/p-1. The van der Waals surface area contributed by atoms with Gasteiger partial charge in [0.1, 0.15) is 5.75 Å². The Bertz CT molecular complexity index is 707. The Balaban J connectivity index is 0.000000774. The molecule has 2 heterocycles. The molecule has 1 N–H and O–H groups in total. The number of nitrogens with zero attached hydrogens (tertiary/aromatic N) is 2. The van der Waals surface area contributed by atoms with E-state index in [0.717, 1.165) is 22.6 Å². The second-order valence-corrected chi connectivity index (χ2v) is 4.14. The van der Waals surface area contributed by atoms with Gasteiger partial charge in [0.2, 0.25) is 0 Å². The Morgan fingerprint density at radius 1 is 0.762 bits per heavy atom. The van der Waals surface area contributed by atoms with Crippen molar-refractivity contribution in [2.75, 3.05) is 0 Å². The first-order valence-electron chi connectivity index (χ1n) is 6.13. The van der Waals surface area contributed by atoms with Crippen LogP contribution in [-0.2, 0) is 18.8 Å². The van der Waals surface area contributed by atoms with Gasteiger partial charge in [0.05, 0.1) is 17.1 Å². The summed E-state index contributed by atoms with van der Waals surface area (Å²) in [5, 5.41) is 9.87. The van der Waals surface area contributed by atoms with Crippen LogP contribution in [0.2, 0.25) is 0 Å². The Kier molecular flexibility index (Phi) is 5.91. The minimum absolute atomic E-state index is 0.230. The van der Waals surface area contributed by atoms with Gasteiger partial charge in [-0.15, -0.1) is 0 Å². The molecular weight excluding hydrogens is 467 g/mol. The van der Waals surface area contributed by atoms with Gasteiger partial charge in [-0.3, -0.25) is 4.98 Å². The van der Waals surface area contributed by atoms with E-state index in [1.54, 1.807) is 37.1 Å². The number of hydrogen-bond acceptors (Lipinski definition) is 3. The van der Waals surface area contributed by atoms with E-state index in [9.17, 15) is 5.11 Å². The van der Waals surface area contributed by atoms with Crippen molar-refractivity contribution in [3.8, 4) is 28.4 Å². The monoisotopic (exact) mass is 478 g/mol. The third-order valence-corrected chi connectivity index (χ3v) is 2.86. The van der Waals surface area contributed by atoms with Crippen molar-refractivity contribution in [2.24, 2.45) is 0 Å². The number of phenols is 1. The summed E-state index contributed by atoms with van der Waals surface area (Å²) in [6.07, 6.45) is 1.74. The van der Waals surface area contributed by atoms with E-state index in [1.165, 1.54) is 0 Å². The molecule has 0 amide bonds. The number of rotatable bonds is 2. The third kappa shape index (κ3) is 3.90. The Labute approximate surface area is 138 Å². The van der Waals surface area contributed by atoms with Gasteiger partial charge >= 0.3 is 28.2 Å². The van der Waals surface area contributed by atoms with Gasteiger partial charge in [0.25, 0.3) is 0 Å². The normalized spacial score (nSPS) is 9.67. The van der Waals surface area contributed by atoms with E-state index in [1.807, 2.05) is 48.5 Å². The maximum absolute atomic E-state index is 9.87. The van der Waals surface area contributed by atoms with Gasteiger partial charge in [-0.1, -0.05) is 24.3 Å². The number of phenolic OH excluding ortho intramolecular Hbond substituents is 1. The molecule has 3 nitrogen and oxygen atoms in total. The molecule has 1 aromatic carbocycles. The molecule has 109 valence electrons. The molecule has 0 unspecified atom stereocenters. The number of aromatic nitrogens is 2. The van der Waals surface area contributed by atoms with Crippen molar-refractivity contribution in [1.82, 2.24) is 9.97 Å². The van der Waals surface area contributed by atoms with Crippen LogP contribution >= 0.6 is 9.42 Å². The van der Waals surface area contributed by atoms with Crippen molar-refractivity contribution in [1.29, 1.82) is 0 Å². The quantitative estimate of drug-likeness (QED) is 0.600. The second kappa shape index (κ2) is 7.92. The average molecular weight is 479 g/mol. The molecule has 0 fully saturated rings. The van der Waals surface area contributed by atoms with Crippen LogP contribution in [0.3, 0.4) is 0 Å². The molecule has 5 heteroatoms. The van der Waals surface area contributed by atoms with Crippen LogP contribution in [0.1, 0.15) is 0 Å². The summed E-state index contributed by atoms with van der Waals surface area (Å²) in [6, 6.07) is 18.6. The summed E-state index contributed by atoms with van der Waals surface area (Å²) in [5.41, 5.74) is 3.07. The number of hydrogen-bond donors (Lipinski definition) is 1. The van der Waals surface area contributed by atoms with E-state index >= 15 is 0 Å². The first-order chi connectivity index (χ1) is 10.3. The van der Waals surface area contributed by atoms with Crippen LogP contribution in [-0.4, -0.2) is 15.1 Å². The predicted molar refractivity (Wildman–Crippen MR) is 80.4 cm³/mol. The number of para-hydroxylation sites is 1. The molecule has 0 aliphatic heterocycles. The number of benzene rings is 1. The van der Waals surface area contributed by atoms with Gasteiger partial charge < -0.3 is 5.11 Å². The van der Waals surface area contributed by atoms with E-state index in [0.29, 0.717) is 0 Å². The summed E-state index contributed by atoms with van der Waals surface area (Å²) >= 11 is 1.61. The topological polar surface area (TPSA) is 46.0 Å². The molecular formula is C16H12ClN2OPt. The van der Waals surface area contributed by atoms with Crippen molar-refractivity contribution >= 4 is 9.42 Å². The summed E-state index contributed by atoms with van der Waals surface area (Å²) in [5.74, 6) is 0.230. The van der Waals surface area contributed by atoms with Gasteiger partial charge in [-0.25, -0.2) is 4.98 Å². The fourth-order valence-electron chi connectivity index (χ4n) is 1.93. The van der Waals surface area contributed by atoms with Crippen LogP contribution < -0.4 is 0 Å². The van der Waals surface area contributed by atoms with Gasteiger partial charge in [0, 0.05) is 11.8 Å². The van der Waals surface area contributed by atoms with Gasteiger partial charge in [-0.2, -0.15) is 0 Å². The molecule has 0 spiro atoms. The maximum atomic E-state index is 9.87. The van der Waals surface area contributed by atoms with Crippen LogP contribution in [0, 0.1) is 0 Å². The molecule has 0 aliphatic rings. The van der Waals surface area contributed by atoms with E-state index < -0.39 is 0 Å². The summed E-state index contributed by atoms with van der Waals surface area (Å²) in [4.78, 5) is 8.83. The SMILES string of the molecule is Oc1ccccc1-c1cccc(-c2ccccn2)n1.[Cl][Pt]. The first kappa shape index (κ1) is 15.7. The van der Waals surface area contributed by atoms with Crippen LogP contribution in [0.25, 0.3) is 22.6 Å². The molecule has 0 saturated carbocycles. The first-order valence-corrected chi connectivity index (χ1v) is 8.95. The molecule has 0 aliphatic carbocycles. The average Bonchev–Trinajstić information content (AvgIpc) is 2.58. The van der Waals surface area contributed by atoms with Crippen molar-refractivity contribution < 1.29 is 23.9 Å². The van der Waals surface area contributed by atoms with Gasteiger partial charge in [0.15, 0.2) is 0 Å². The molecule has 0 atom stereocenters. The summed E-state index contributed by atoms with van der Waals surface area (Å²) in [7, 11) is 4.61. The molecule has 0 radical (unpaired) electrons. The third-order valence-electron chi connectivity index (χ3n) is 2.86. The second-order valence-electron chi connectivity index (χ2n) is 4.14. The van der Waals surface area contributed by atoms with Gasteiger partial charge in [-0.05, 0) is 36.4 Å². The van der Waals surface area contributed by atoms with Crippen molar-refractivity contribution in [3.05, 3.63) is 66.9 Å². The summed E-state index contributed by atoms with van der Waals surface area (Å²) in [6.45, 7) is 0. The number of pyridine rings is 2. The Morgan fingerprint density at radius 2 is 1.43 bits per heavy atom.